The number of amides is 1. The van der Waals surface area contributed by atoms with E-state index in [2.05, 4.69) is 23.3 Å². The molecule has 1 aliphatic rings. The minimum atomic E-state index is -5.08. The van der Waals surface area contributed by atoms with Gasteiger partial charge in [-0.15, -0.1) is 0 Å². The lowest BCUT2D eigenvalue weighted by atomic mass is 9.99. The number of nitrogens with one attached hydrogen (secondary N) is 1. The minimum absolute atomic E-state index is 0.263. The topological polar surface area (TPSA) is 192 Å². The first-order chi connectivity index (χ1) is 27.5. The summed E-state index contributed by atoms with van der Waals surface area (Å²) >= 11 is 0. The summed E-state index contributed by atoms with van der Waals surface area (Å²) < 4.78 is 47.5. The van der Waals surface area contributed by atoms with Gasteiger partial charge in [0.15, 0.2) is 6.29 Å². The Morgan fingerprint density at radius 3 is 1.53 bits per heavy atom. The third kappa shape index (κ3) is 28.9. The van der Waals surface area contributed by atoms with E-state index < -0.39 is 59.9 Å². The SMILES string of the molecule is CCCCCCCCCCCCCCCCCCCC/C=C/C(O)C(COC1OC(CO)C(O)C(OS(=O)(=O)O)C1O)NC(=O)CCCCCCCCCCCC. The zero-order chi connectivity index (χ0) is 42.0. The standard InChI is InChI=1S/C44H85NO11S/c1-3-5-7-9-11-13-15-16-17-18-19-20-21-22-23-24-25-27-29-31-33-38(47)37(45-40(48)34-32-30-28-26-14-12-10-8-6-4-2)36-54-44-42(50)43(56-57(51,52)53)41(49)39(35-46)55-44/h31,33,37-39,41-44,46-47,49-50H,3-30,32,34-36H2,1-2H3,(H,45,48)(H,51,52,53)/b33-31+. The van der Waals surface area contributed by atoms with Crippen molar-refractivity contribution in [2.45, 2.75) is 249 Å². The van der Waals surface area contributed by atoms with Crippen LogP contribution in [0.15, 0.2) is 12.2 Å². The fraction of sp³-hybridized carbons (Fsp3) is 0.932. The summed E-state index contributed by atoms with van der Waals surface area (Å²) in [7, 11) is -5.08. The van der Waals surface area contributed by atoms with Gasteiger partial charge >= 0.3 is 10.4 Å². The zero-order valence-corrected chi connectivity index (χ0v) is 36.7. The summed E-state index contributed by atoms with van der Waals surface area (Å²) in [4.78, 5) is 13.0. The normalized spacial score (nSPS) is 21.3. The smallest absolute Gasteiger partial charge is 0.394 e. The number of aliphatic hydroxyl groups is 4. The van der Waals surface area contributed by atoms with Gasteiger partial charge in [-0.2, -0.15) is 8.42 Å². The number of carbonyl (C=O) groups excluding carboxylic acids is 1. The van der Waals surface area contributed by atoms with Crippen molar-refractivity contribution in [3.63, 3.8) is 0 Å². The van der Waals surface area contributed by atoms with Crippen LogP contribution in [-0.2, 0) is 28.9 Å². The van der Waals surface area contributed by atoms with Crippen molar-refractivity contribution in [2.24, 2.45) is 0 Å². The van der Waals surface area contributed by atoms with E-state index in [1.807, 2.05) is 6.08 Å². The molecule has 57 heavy (non-hydrogen) atoms. The van der Waals surface area contributed by atoms with Crippen molar-refractivity contribution in [2.75, 3.05) is 13.2 Å². The fourth-order valence-electron chi connectivity index (χ4n) is 7.45. The second kappa shape index (κ2) is 35.6. The number of carbonyl (C=O) groups is 1. The first kappa shape index (κ1) is 53.9. The number of rotatable bonds is 39. The molecule has 1 amide bonds. The number of unbranched alkanes of at least 4 members (excludes halogenated alkanes) is 27. The first-order valence-electron chi connectivity index (χ1n) is 23.1. The summed E-state index contributed by atoms with van der Waals surface area (Å²) in [5, 5.41) is 44.6. The van der Waals surface area contributed by atoms with E-state index in [9.17, 15) is 33.6 Å². The van der Waals surface area contributed by atoms with Crippen molar-refractivity contribution in [1.29, 1.82) is 0 Å². The van der Waals surface area contributed by atoms with E-state index in [-0.39, 0.29) is 18.9 Å². The van der Waals surface area contributed by atoms with E-state index in [1.165, 1.54) is 141 Å². The molecular weight excluding hydrogens is 751 g/mol. The van der Waals surface area contributed by atoms with Crippen molar-refractivity contribution in [3.05, 3.63) is 12.2 Å². The van der Waals surface area contributed by atoms with Gasteiger partial charge in [-0.3, -0.25) is 9.35 Å². The van der Waals surface area contributed by atoms with Gasteiger partial charge in [0, 0.05) is 6.42 Å². The molecule has 0 bridgehead atoms. The van der Waals surface area contributed by atoms with Crippen LogP contribution in [0.5, 0.6) is 0 Å². The lowest BCUT2D eigenvalue weighted by molar-refractivity contribution is -0.298. The molecule has 1 saturated heterocycles. The fourth-order valence-corrected chi connectivity index (χ4v) is 7.96. The number of allylic oxidation sites excluding steroid dienone is 1. The molecule has 0 aromatic carbocycles. The predicted octanol–water partition coefficient (Wildman–Crippen LogP) is 8.77. The van der Waals surface area contributed by atoms with E-state index in [0.717, 1.165) is 38.5 Å². The summed E-state index contributed by atoms with van der Waals surface area (Å²) in [6.45, 7) is 3.37. The van der Waals surface area contributed by atoms with Crippen molar-refractivity contribution in [1.82, 2.24) is 5.32 Å². The highest BCUT2D eigenvalue weighted by atomic mass is 32.3. The van der Waals surface area contributed by atoms with Crippen LogP contribution in [0.1, 0.15) is 206 Å². The zero-order valence-electron chi connectivity index (χ0n) is 35.9. The Hall–Kier alpha value is -1.16. The van der Waals surface area contributed by atoms with E-state index >= 15 is 0 Å². The molecule has 0 aromatic rings. The van der Waals surface area contributed by atoms with Gasteiger partial charge in [-0.1, -0.05) is 193 Å². The highest BCUT2D eigenvalue weighted by molar-refractivity contribution is 7.80. The van der Waals surface area contributed by atoms with Crippen LogP contribution in [0, 0.1) is 0 Å². The van der Waals surface area contributed by atoms with E-state index in [1.54, 1.807) is 6.08 Å². The van der Waals surface area contributed by atoms with Crippen LogP contribution in [0.4, 0.5) is 0 Å². The molecule has 1 aliphatic heterocycles. The summed E-state index contributed by atoms with van der Waals surface area (Å²) in [5.41, 5.74) is 0. The molecule has 1 heterocycles. The molecule has 1 rings (SSSR count). The van der Waals surface area contributed by atoms with Crippen molar-refractivity contribution in [3.8, 4) is 0 Å². The molecule has 0 spiro atoms. The van der Waals surface area contributed by atoms with Crippen LogP contribution >= 0.6 is 0 Å². The molecule has 6 N–H and O–H groups in total. The van der Waals surface area contributed by atoms with Gasteiger partial charge in [-0.05, 0) is 19.3 Å². The molecule has 0 aliphatic carbocycles. The second-order valence-electron chi connectivity index (χ2n) is 16.4. The van der Waals surface area contributed by atoms with Crippen molar-refractivity contribution < 1.29 is 51.8 Å². The van der Waals surface area contributed by atoms with Gasteiger partial charge in [0.2, 0.25) is 5.91 Å². The molecule has 0 saturated carbocycles. The Morgan fingerprint density at radius 2 is 1.11 bits per heavy atom. The highest BCUT2D eigenvalue weighted by Gasteiger charge is 2.48. The molecule has 7 atom stereocenters. The molecule has 338 valence electrons. The van der Waals surface area contributed by atoms with Crippen LogP contribution in [0.3, 0.4) is 0 Å². The lowest BCUT2D eigenvalue weighted by Crippen LogP contribution is -2.61. The predicted molar refractivity (Wildman–Crippen MR) is 227 cm³/mol. The third-order valence-electron chi connectivity index (χ3n) is 11.1. The van der Waals surface area contributed by atoms with E-state index in [4.69, 9.17) is 14.0 Å². The molecular formula is C44H85NO11S. The van der Waals surface area contributed by atoms with Crippen LogP contribution in [0.25, 0.3) is 0 Å². The number of hydrogen-bond acceptors (Lipinski definition) is 10. The minimum Gasteiger partial charge on any atom is -0.394 e. The van der Waals surface area contributed by atoms with Crippen molar-refractivity contribution >= 4 is 16.3 Å². The van der Waals surface area contributed by atoms with Gasteiger partial charge in [0.1, 0.15) is 24.4 Å². The maximum absolute atomic E-state index is 13.0. The van der Waals surface area contributed by atoms with Crippen LogP contribution in [0.2, 0.25) is 0 Å². The Balaban J connectivity index is 2.48. The molecule has 12 nitrogen and oxygen atoms in total. The average Bonchev–Trinajstić information content (AvgIpc) is 3.18. The Bertz CT molecular complexity index is 1080. The summed E-state index contributed by atoms with van der Waals surface area (Å²) in [6, 6.07) is -0.937. The Morgan fingerprint density at radius 1 is 0.684 bits per heavy atom. The number of aliphatic hydroxyl groups excluding tert-OH is 4. The third-order valence-corrected chi connectivity index (χ3v) is 11.5. The number of hydrogen-bond donors (Lipinski definition) is 6. The van der Waals surface area contributed by atoms with Gasteiger partial charge in [0.05, 0.1) is 25.4 Å². The summed E-state index contributed by atoms with van der Waals surface area (Å²) in [5.74, 6) is -0.263. The van der Waals surface area contributed by atoms with E-state index in [0.29, 0.717) is 6.42 Å². The van der Waals surface area contributed by atoms with Gasteiger partial charge < -0.3 is 35.2 Å². The second-order valence-corrected chi connectivity index (χ2v) is 17.4. The molecule has 0 radical (unpaired) electrons. The lowest BCUT2D eigenvalue weighted by Gasteiger charge is -2.41. The maximum Gasteiger partial charge on any atom is 0.397 e. The van der Waals surface area contributed by atoms with Gasteiger partial charge in [-0.25, -0.2) is 4.18 Å². The Kier molecular flexibility index (Phi) is 33.6. The molecule has 1 fully saturated rings. The quantitative estimate of drug-likeness (QED) is 0.0197. The maximum atomic E-state index is 13.0. The number of ether oxygens (including phenoxy) is 2. The monoisotopic (exact) mass is 836 g/mol. The molecule has 0 aromatic heterocycles. The van der Waals surface area contributed by atoms with Crippen LogP contribution < -0.4 is 5.32 Å². The summed E-state index contributed by atoms with van der Waals surface area (Å²) in [6.07, 6.45) is 29.8. The highest BCUT2D eigenvalue weighted by Crippen LogP contribution is 2.26. The Labute approximate surface area is 347 Å². The largest absolute Gasteiger partial charge is 0.397 e. The average molecular weight is 836 g/mol. The first-order valence-corrected chi connectivity index (χ1v) is 24.4. The molecule has 7 unspecified atom stereocenters. The van der Waals surface area contributed by atoms with Gasteiger partial charge in [0.25, 0.3) is 0 Å². The van der Waals surface area contributed by atoms with Crippen LogP contribution in [-0.4, -0.2) is 95.4 Å². The molecule has 13 heteroatoms.